The van der Waals surface area contributed by atoms with Crippen molar-refractivity contribution in [1.29, 1.82) is 0 Å². The van der Waals surface area contributed by atoms with Gasteiger partial charge in [0.1, 0.15) is 0 Å². The first-order valence-electron chi connectivity index (χ1n) is 9.73. The third-order valence-electron chi connectivity index (χ3n) is 5.67. The Labute approximate surface area is 169 Å². The predicted molar refractivity (Wildman–Crippen MR) is 108 cm³/mol. The van der Waals surface area contributed by atoms with Crippen molar-refractivity contribution in [2.45, 2.75) is 51.0 Å². The number of halogens is 2. The Kier molecular flexibility index (Phi) is 10.8. The zero-order valence-corrected chi connectivity index (χ0v) is 17.2. The zero-order chi connectivity index (χ0) is 16.8. The Morgan fingerprint density at radius 2 is 1.62 bits per heavy atom. The summed E-state index contributed by atoms with van der Waals surface area (Å²) in [5.74, 6) is 0.603. The van der Waals surface area contributed by atoms with Crippen LogP contribution in [0.5, 0.6) is 0 Å². The quantitative estimate of drug-likeness (QED) is 0.737. The van der Waals surface area contributed by atoms with Crippen molar-refractivity contribution in [1.82, 2.24) is 20.4 Å². The summed E-state index contributed by atoms with van der Waals surface area (Å²) in [5, 5.41) is 6.50. The van der Waals surface area contributed by atoms with Crippen LogP contribution in [-0.2, 0) is 9.59 Å². The first-order chi connectivity index (χ1) is 11.7. The van der Waals surface area contributed by atoms with Gasteiger partial charge >= 0.3 is 0 Å². The number of hydrogen-bond acceptors (Lipinski definition) is 4. The van der Waals surface area contributed by atoms with E-state index in [-0.39, 0.29) is 36.6 Å². The van der Waals surface area contributed by atoms with Crippen LogP contribution in [0, 0.1) is 5.92 Å². The highest BCUT2D eigenvalue weighted by Crippen LogP contribution is 2.17. The first-order valence-corrected chi connectivity index (χ1v) is 9.73. The Balaban J connectivity index is 0.00000169. The topological polar surface area (TPSA) is 64.7 Å². The van der Waals surface area contributed by atoms with Crippen molar-refractivity contribution in [2.24, 2.45) is 5.92 Å². The van der Waals surface area contributed by atoms with Gasteiger partial charge < -0.3 is 15.5 Å². The van der Waals surface area contributed by atoms with Crippen LogP contribution >= 0.6 is 24.8 Å². The van der Waals surface area contributed by atoms with Crippen LogP contribution < -0.4 is 10.6 Å². The zero-order valence-electron chi connectivity index (χ0n) is 15.6. The van der Waals surface area contributed by atoms with E-state index in [0.717, 1.165) is 65.0 Å². The van der Waals surface area contributed by atoms with Crippen LogP contribution in [0.1, 0.15) is 44.9 Å². The lowest BCUT2D eigenvalue weighted by atomic mass is 9.95. The van der Waals surface area contributed by atoms with Gasteiger partial charge in [0.2, 0.25) is 11.8 Å². The molecule has 2 saturated heterocycles. The second-order valence-electron chi connectivity index (χ2n) is 7.55. The van der Waals surface area contributed by atoms with Crippen LogP contribution in [0.25, 0.3) is 0 Å². The fraction of sp³-hybridized carbons (Fsp3) is 0.889. The molecule has 6 nitrogen and oxygen atoms in total. The summed E-state index contributed by atoms with van der Waals surface area (Å²) in [4.78, 5) is 28.9. The van der Waals surface area contributed by atoms with E-state index in [1.165, 1.54) is 19.3 Å². The van der Waals surface area contributed by atoms with Gasteiger partial charge in [-0.2, -0.15) is 0 Å². The van der Waals surface area contributed by atoms with Crippen LogP contribution in [0.15, 0.2) is 0 Å². The molecule has 2 aliphatic heterocycles. The number of hydrogen-bond donors (Lipinski definition) is 2. The summed E-state index contributed by atoms with van der Waals surface area (Å²) < 4.78 is 0. The van der Waals surface area contributed by atoms with Crippen LogP contribution in [0.4, 0.5) is 0 Å². The van der Waals surface area contributed by atoms with E-state index in [0.29, 0.717) is 18.5 Å². The van der Waals surface area contributed by atoms with Gasteiger partial charge in [0.25, 0.3) is 0 Å². The number of piperidine rings is 1. The molecule has 2 N–H and O–H groups in total. The predicted octanol–water partition coefficient (Wildman–Crippen LogP) is 1.42. The maximum atomic E-state index is 12.5. The minimum atomic E-state index is 0. The van der Waals surface area contributed by atoms with E-state index < -0.39 is 0 Å². The SMILES string of the molecule is Cl.Cl.O=C(CN1CCN(C(=O)C2CCCNC2)CC1)NC1CCCCC1. The molecule has 2 heterocycles. The van der Waals surface area contributed by atoms with Crippen molar-refractivity contribution in [2.75, 3.05) is 45.8 Å². The number of nitrogens with zero attached hydrogens (tertiary/aromatic N) is 2. The molecule has 1 atom stereocenters. The highest BCUT2D eigenvalue weighted by atomic mass is 35.5. The highest BCUT2D eigenvalue weighted by molar-refractivity contribution is 5.85. The van der Waals surface area contributed by atoms with Gasteiger partial charge in [-0.3, -0.25) is 14.5 Å². The molecular weight excluding hydrogens is 375 g/mol. The fourth-order valence-electron chi connectivity index (χ4n) is 4.17. The number of rotatable bonds is 4. The molecule has 8 heteroatoms. The molecule has 0 radical (unpaired) electrons. The van der Waals surface area contributed by atoms with Crippen molar-refractivity contribution in [3.63, 3.8) is 0 Å². The minimum absolute atomic E-state index is 0. The second kappa shape index (κ2) is 12.0. The molecule has 0 aromatic rings. The van der Waals surface area contributed by atoms with E-state index in [9.17, 15) is 9.59 Å². The highest BCUT2D eigenvalue weighted by Gasteiger charge is 2.29. The van der Waals surface area contributed by atoms with Gasteiger partial charge in [0, 0.05) is 38.8 Å². The normalized spacial score (nSPS) is 24.9. The molecule has 3 aliphatic rings. The number of amides is 2. The van der Waals surface area contributed by atoms with Gasteiger partial charge in [-0.15, -0.1) is 24.8 Å². The van der Waals surface area contributed by atoms with Crippen LogP contribution in [0.3, 0.4) is 0 Å². The molecule has 0 bridgehead atoms. The van der Waals surface area contributed by atoms with Crippen molar-refractivity contribution in [3.05, 3.63) is 0 Å². The summed E-state index contributed by atoms with van der Waals surface area (Å²) in [7, 11) is 0. The number of carbonyl (C=O) groups is 2. The second-order valence-corrected chi connectivity index (χ2v) is 7.55. The third kappa shape index (κ3) is 6.87. The largest absolute Gasteiger partial charge is 0.352 e. The van der Waals surface area contributed by atoms with E-state index in [2.05, 4.69) is 15.5 Å². The Hall–Kier alpha value is -0.560. The molecule has 1 aliphatic carbocycles. The standard InChI is InChI=1S/C18H32N4O2.2ClH/c23-17(20-16-6-2-1-3-7-16)14-21-9-11-22(12-10-21)18(24)15-5-4-8-19-13-15;;/h15-16,19H,1-14H2,(H,20,23);2*1H. The third-order valence-corrected chi connectivity index (χ3v) is 5.67. The summed E-state index contributed by atoms with van der Waals surface area (Å²) >= 11 is 0. The summed E-state index contributed by atoms with van der Waals surface area (Å²) in [6.45, 7) is 5.46. The number of carbonyl (C=O) groups excluding carboxylic acids is 2. The molecule has 2 amide bonds. The summed E-state index contributed by atoms with van der Waals surface area (Å²) in [6, 6.07) is 0.382. The van der Waals surface area contributed by atoms with Crippen molar-refractivity contribution >= 4 is 36.6 Å². The lowest BCUT2D eigenvalue weighted by molar-refractivity contribution is -0.138. The van der Waals surface area contributed by atoms with Crippen LogP contribution in [-0.4, -0.2) is 73.5 Å². The molecule has 0 aromatic heterocycles. The van der Waals surface area contributed by atoms with Gasteiger partial charge in [-0.1, -0.05) is 19.3 Å². The van der Waals surface area contributed by atoms with Gasteiger partial charge in [-0.25, -0.2) is 0 Å². The summed E-state index contributed by atoms with van der Waals surface area (Å²) in [5.41, 5.74) is 0. The molecule has 152 valence electrons. The fourth-order valence-corrected chi connectivity index (χ4v) is 4.17. The Morgan fingerprint density at radius 3 is 2.23 bits per heavy atom. The maximum Gasteiger partial charge on any atom is 0.234 e. The van der Waals surface area contributed by atoms with E-state index in [4.69, 9.17) is 0 Å². The Bertz CT molecular complexity index is 433. The average molecular weight is 409 g/mol. The molecule has 1 unspecified atom stereocenters. The van der Waals surface area contributed by atoms with Crippen molar-refractivity contribution in [3.8, 4) is 0 Å². The monoisotopic (exact) mass is 408 g/mol. The number of nitrogens with one attached hydrogen (secondary N) is 2. The molecule has 3 rings (SSSR count). The molecule has 26 heavy (non-hydrogen) atoms. The van der Waals surface area contributed by atoms with E-state index in [1.54, 1.807) is 0 Å². The van der Waals surface area contributed by atoms with Crippen LogP contribution in [0.2, 0.25) is 0 Å². The maximum absolute atomic E-state index is 12.5. The van der Waals surface area contributed by atoms with Gasteiger partial charge in [-0.05, 0) is 32.2 Å². The lowest BCUT2D eigenvalue weighted by Crippen LogP contribution is -2.54. The first kappa shape index (κ1) is 23.5. The minimum Gasteiger partial charge on any atom is -0.352 e. The van der Waals surface area contributed by atoms with Gasteiger partial charge in [0.05, 0.1) is 12.5 Å². The summed E-state index contributed by atoms with van der Waals surface area (Å²) in [6.07, 6.45) is 8.14. The average Bonchev–Trinajstić information content (AvgIpc) is 2.63. The molecule has 0 spiro atoms. The smallest absolute Gasteiger partial charge is 0.234 e. The number of piperazine rings is 1. The molecular formula is C18H34Cl2N4O2. The van der Waals surface area contributed by atoms with Crippen molar-refractivity contribution < 1.29 is 9.59 Å². The molecule has 0 aromatic carbocycles. The lowest BCUT2D eigenvalue weighted by Gasteiger charge is -2.37. The molecule has 1 saturated carbocycles. The van der Waals surface area contributed by atoms with Gasteiger partial charge in [0.15, 0.2) is 0 Å². The van der Waals surface area contributed by atoms with E-state index >= 15 is 0 Å². The Morgan fingerprint density at radius 1 is 0.923 bits per heavy atom. The van der Waals surface area contributed by atoms with E-state index in [1.807, 2.05) is 4.90 Å². The molecule has 3 fully saturated rings.